The highest BCUT2D eigenvalue weighted by molar-refractivity contribution is 9.09. The molecule has 0 fully saturated rings. The van der Waals surface area contributed by atoms with Crippen molar-refractivity contribution >= 4 is 38.9 Å². The molecule has 2 rings (SSSR count). The minimum atomic E-state index is 0.535. The van der Waals surface area contributed by atoms with Gasteiger partial charge in [0.15, 0.2) is 4.47 Å². The zero-order chi connectivity index (χ0) is 16.7. The molecule has 0 bridgehead atoms. The second kappa shape index (κ2) is 9.62. The van der Waals surface area contributed by atoms with Crippen LogP contribution in [0.2, 0.25) is 4.47 Å². The Morgan fingerprint density at radius 2 is 2.09 bits per heavy atom. The van der Waals surface area contributed by atoms with Crippen molar-refractivity contribution in [1.82, 2.24) is 4.98 Å². The SMILES string of the molecule is CC(C)Cc1sc(Cl)nc1-c1cccc(OCCOCCBr)c1. The molecule has 0 N–H and O–H groups in total. The molecule has 0 atom stereocenters. The lowest BCUT2D eigenvalue weighted by Crippen LogP contribution is -2.07. The van der Waals surface area contributed by atoms with Crippen LogP contribution in [0.5, 0.6) is 5.75 Å². The van der Waals surface area contributed by atoms with E-state index in [9.17, 15) is 0 Å². The van der Waals surface area contributed by atoms with E-state index in [1.165, 1.54) is 4.88 Å². The Morgan fingerprint density at radius 1 is 1.26 bits per heavy atom. The van der Waals surface area contributed by atoms with Gasteiger partial charge in [-0.3, -0.25) is 0 Å². The Bertz CT molecular complexity index is 618. The van der Waals surface area contributed by atoms with E-state index >= 15 is 0 Å². The summed E-state index contributed by atoms with van der Waals surface area (Å²) in [5.41, 5.74) is 2.01. The van der Waals surface area contributed by atoms with E-state index in [0.29, 0.717) is 30.2 Å². The minimum Gasteiger partial charge on any atom is -0.491 e. The first-order valence-corrected chi connectivity index (χ1v) is 9.94. The van der Waals surface area contributed by atoms with Crippen LogP contribution < -0.4 is 4.74 Å². The van der Waals surface area contributed by atoms with E-state index in [1.807, 2.05) is 24.3 Å². The second-order valence-electron chi connectivity index (χ2n) is 5.51. The maximum atomic E-state index is 6.13. The summed E-state index contributed by atoms with van der Waals surface area (Å²) >= 11 is 11.0. The van der Waals surface area contributed by atoms with E-state index in [2.05, 4.69) is 34.8 Å². The summed E-state index contributed by atoms with van der Waals surface area (Å²) in [6.45, 7) is 6.21. The molecule has 0 saturated heterocycles. The van der Waals surface area contributed by atoms with Gasteiger partial charge in [-0.05, 0) is 24.5 Å². The molecule has 23 heavy (non-hydrogen) atoms. The molecule has 6 heteroatoms. The summed E-state index contributed by atoms with van der Waals surface area (Å²) < 4.78 is 11.7. The first kappa shape index (κ1) is 18.7. The molecule has 1 heterocycles. The fraction of sp³-hybridized carbons (Fsp3) is 0.471. The van der Waals surface area contributed by atoms with E-state index in [0.717, 1.165) is 28.8 Å². The molecule has 1 aromatic carbocycles. The number of rotatable bonds is 9. The number of hydrogen-bond donors (Lipinski definition) is 0. The van der Waals surface area contributed by atoms with Gasteiger partial charge in [0.2, 0.25) is 0 Å². The van der Waals surface area contributed by atoms with Gasteiger partial charge in [0.1, 0.15) is 12.4 Å². The Balaban J connectivity index is 2.07. The number of hydrogen-bond acceptors (Lipinski definition) is 4. The Kier molecular flexibility index (Phi) is 7.83. The van der Waals surface area contributed by atoms with E-state index in [-0.39, 0.29) is 0 Å². The molecule has 0 aliphatic rings. The van der Waals surface area contributed by atoms with Gasteiger partial charge in [0.05, 0.1) is 18.9 Å². The normalized spacial score (nSPS) is 11.2. The summed E-state index contributed by atoms with van der Waals surface area (Å²) in [4.78, 5) is 5.72. The number of halogens is 2. The molecule has 0 saturated carbocycles. The number of ether oxygens (including phenoxy) is 2. The molecule has 126 valence electrons. The number of nitrogens with zero attached hydrogens (tertiary/aromatic N) is 1. The fourth-order valence-electron chi connectivity index (χ4n) is 2.17. The smallest absolute Gasteiger partial charge is 0.184 e. The molecule has 0 amide bonds. The van der Waals surface area contributed by atoms with Crippen molar-refractivity contribution in [2.24, 2.45) is 5.92 Å². The Morgan fingerprint density at radius 3 is 2.83 bits per heavy atom. The standard InChI is InChI=1S/C17H21BrClNO2S/c1-12(2)10-15-16(20-17(19)23-15)13-4-3-5-14(11-13)22-9-8-21-7-6-18/h3-5,11-12H,6-10H2,1-2H3. The molecule has 2 aromatic rings. The van der Waals surface area contributed by atoms with Crippen LogP contribution in [0.1, 0.15) is 18.7 Å². The quantitative estimate of drug-likeness (QED) is 0.400. The van der Waals surface area contributed by atoms with Crippen molar-refractivity contribution < 1.29 is 9.47 Å². The minimum absolute atomic E-state index is 0.535. The van der Waals surface area contributed by atoms with Gasteiger partial charge in [-0.2, -0.15) is 0 Å². The zero-order valence-electron chi connectivity index (χ0n) is 13.4. The second-order valence-corrected chi connectivity index (χ2v) is 7.97. The van der Waals surface area contributed by atoms with Crippen molar-refractivity contribution in [3.8, 4) is 17.0 Å². The topological polar surface area (TPSA) is 31.4 Å². The highest BCUT2D eigenvalue weighted by atomic mass is 79.9. The molecular formula is C17H21BrClNO2S. The Labute approximate surface area is 155 Å². The largest absolute Gasteiger partial charge is 0.491 e. The van der Waals surface area contributed by atoms with Crippen LogP contribution in [0.4, 0.5) is 0 Å². The predicted molar refractivity (Wildman–Crippen MR) is 101 cm³/mol. The third kappa shape index (κ3) is 6.07. The third-order valence-corrected chi connectivity index (χ3v) is 4.60. The molecule has 0 spiro atoms. The lowest BCUT2D eigenvalue weighted by molar-refractivity contribution is 0.112. The molecule has 0 aliphatic heterocycles. The lowest BCUT2D eigenvalue weighted by atomic mass is 10.0. The van der Waals surface area contributed by atoms with Crippen LogP contribution in [0.3, 0.4) is 0 Å². The number of alkyl halides is 1. The molecule has 0 unspecified atom stereocenters. The van der Waals surface area contributed by atoms with Gasteiger partial charge in [-0.1, -0.05) is 53.5 Å². The zero-order valence-corrected chi connectivity index (χ0v) is 16.5. The van der Waals surface area contributed by atoms with E-state index < -0.39 is 0 Å². The Hall–Kier alpha value is -0.620. The van der Waals surface area contributed by atoms with Gasteiger partial charge in [0, 0.05) is 15.8 Å². The first-order chi connectivity index (χ1) is 11.1. The summed E-state index contributed by atoms with van der Waals surface area (Å²) in [5, 5.41) is 0.839. The van der Waals surface area contributed by atoms with Gasteiger partial charge in [-0.25, -0.2) is 4.98 Å². The average molecular weight is 419 g/mol. The fourth-order valence-corrected chi connectivity index (χ4v) is 3.78. The van der Waals surface area contributed by atoms with Gasteiger partial charge in [0.25, 0.3) is 0 Å². The van der Waals surface area contributed by atoms with Crippen molar-refractivity contribution in [3.05, 3.63) is 33.6 Å². The average Bonchev–Trinajstić information content (AvgIpc) is 2.87. The molecule has 3 nitrogen and oxygen atoms in total. The number of benzene rings is 1. The van der Waals surface area contributed by atoms with Crippen LogP contribution >= 0.6 is 38.9 Å². The summed E-state index contributed by atoms with van der Waals surface area (Å²) in [7, 11) is 0. The maximum absolute atomic E-state index is 6.13. The highest BCUT2D eigenvalue weighted by Crippen LogP contribution is 2.34. The molecular weight excluding hydrogens is 398 g/mol. The maximum Gasteiger partial charge on any atom is 0.184 e. The monoisotopic (exact) mass is 417 g/mol. The predicted octanol–water partition coefficient (Wildman–Crippen LogP) is 5.45. The van der Waals surface area contributed by atoms with Crippen molar-refractivity contribution in [2.75, 3.05) is 25.2 Å². The van der Waals surface area contributed by atoms with Crippen LogP contribution in [0.15, 0.2) is 24.3 Å². The summed E-state index contributed by atoms with van der Waals surface area (Å²) in [6, 6.07) is 7.99. The highest BCUT2D eigenvalue weighted by Gasteiger charge is 2.14. The third-order valence-electron chi connectivity index (χ3n) is 3.09. The van der Waals surface area contributed by atoms with Crippen molar-refractivity contribution in [1.29, 1.82) is 0 Å². The van der Waals surface area contributed by atoms with Gasteiger partial charge in [-0.15, -0.1) is 11.3 Å². The molecule has 0 aliphatic carbocycles. The molecule has 0 radical (unpaired) electrons. The molecule has 1 aromatic heterocycles. The van der Waals surface area contributed by atoms with Crippen molar-refractivity contribution in [2.45, 2.75) is 20.3 Å². The van der Waals surface area contributed by atoms with Crippen molar-refractivity contribution in [3.63, 3.8) is 0 Å². The van der Waals surface area contributed by atoms with E-state index in [4.69, 9.17) is 21.1 Å². The van der Waals surface area contributed by atoms with E-state index in [1.54, 1.807) is 11.3 Å². The van der Waals surface area contributed by atoms with Crippen LogP contribution in [-0.2, 0) is 11.2 Å². The van der Waals surface area contributed by atoms with Gasteiger partial charge >= 0.3 is 0 Å². The van der Waals surface area contributed by atoms with Crippen LogP contribution in [-0.4, -0.2) is 30.1 Å². The van der Waals surface area contributed by atoms with Crippen LogP contribution in [0, 0.1) is 5.92 Å². The van der Waals surface area contributed by atoms with Crippen LogP contribution in [0.25, 0.3) is 11.3 Å². The lowest BCUT2D eigenvalue weighted by Gasteiger charge is -2.09. The first-order valence-electron chi connectivity index (χ1n) is 7.62. The van der Waals surface area contributed by atoms with Gasteiger partial charge < -0.3 is 9.47 Å². The number of thiazole rings is 1. The summed E-state index contributed by atoms with van der Waals surface area (Å²) in [5.74, 6) is 1.39. The number of aromatic nitrogens is 1. The summed E-state index contributed by atoms with van der Waals surface area (Å²) in [6.07, 6.45) is 0.977.